The molecule has 0 radical (unpaired) electrons. The predicted octanol–water partition coefficient (Wildman–Crippen LogP) is 3.03. The third-order valence-corrected chi connectivity index (χ3v) is 7.56. The Hall–Kier alpha value is 0.270. The molecule has 0 amide bonds. The van der Waals surface area contributed by atoms with Gasteiger partial charge >= 0.3 is 0 Å². The molecule has 4 aliphatic rings. The van der Waals surface area contributed by atoms with Gasteiger partial charge in [-0.15, -0.1) is 0 Å². The smallest absolute Gasteiger partial charge is 0.0628 e. The molecule has 0 aromatic rings. The second kappa shape index (κ2) is 5.23. The Bertz CT molecular complexity index is 295. The van der Waals surface area contributed by atoms with E-state index in [9.17, 15) is 5.11 Å². The quantitative estimate of drug-likeness (QED) is 0.815. The van der Waals surface area contributed by atoms with Crippen molar-refractivity contribution in [3.8, 4) is 0 Å². The summed E-state index contributed by atoms with van der Waals surface area (Å²) in [6, 6.07) is 0.340. The van der Waals surface area contributed by atoms with Crippen molar-refractivity contribution >= 4 is 11.8 Å². The lowest BCUT2D eigenvalue weighted by atomic mass is 9.48. The Morgan fingerprint density at radius 3 is 2.00 bits per heavy atom. The Labute approximate surface area is 121 Å². The highest BCUT2D eigenvalue weighted by molar-refractivity contribution is 7.99. The number of aliphatic hydroxyl groups excluding tert-OH is 1. The van der Waals surface area contributed by atoms with Gasteiger partial charge in [-0.3, -0.25) is 0 Å². The number of nitrogens with two attached hydrogens (primary N) is 1. The van der Waals surface area contributed by atoms with Crippen molar-refractivity contribution in [3.63, 3.8) is 0 Å². The van der Waals surface area contributed by atoms with Gasteiger partial charge in [0.2, 0.25) is 0 Å². The molecule has 0 aromatic carbocycles. The average molecular weight is 283 g/mol. The van der Waals surface area contributed by atoms with E-state index in [-0.39, 0.29) is 6.10 Å². The molecule has 3 N–H and O–H groups in total. The fraction of sp³-hybridized carbons (Fsp3) is 1.00. The molecule has 19 heavy (non-hydrogen) atoms. The summed E-state index contributed by atoms with van der Waals surface area (Å²) >= 11 is 1.87. The molecule has 3 heteroatoms. The molecule has 0 aromatic heterocycles. The van der Waals surface area contributed by atoms with Crippen LogP contribution >= 0.6 is 11.8 Å². The van der Waals surface area contributed by atoms with Crippen LogP contribution < -0.4 is 5.73 Å². The van der Waals surface area contributed by atoms with Gasteiger partial charge in [0.1, 0.15) is 0 Å². The molecule has 0 heterocycles. The van der Waals surface area contributed by atoms with E-state index in [0.29, 0.717) is 16.7 Å². The summed E-state index contributed by atoms with van der Waals surface area (Å²) in [6.07, 6.45) is 8.42. The molecule has 0 spiro atoms. The number of hydrogen-bond acceptors (Lipinski definition) is 3. The van der Waals surface area contributed by atoms with E-state index in [1.54, 1.807) is 0 Å². The fourth-order valence-corrected chi connectivity index (χ4v) is 6.35. The van der Waals surface area contributed by atoms with Gasteiger partial charge in [-0.05, 0) is 68.6 Å². The zero-order valence-electron chi connectivity index (χ0n) is 12.3. The van der Waals surface area contributed by atoms with Gasteiger partial charge in [-0.1, -0.05) is 6.92 Å². The van der Waals surface area contributed by atoms with Crippen LogP contribution in [0.3, 0.4) is 0 Å². The Morgan fingerprint density at radius 2 is 1.58 bits per heavy atom. The van der Waals surface area contributed by atoms with Crippen molar-refractivity contribution in [3.05, 3.63) is 0 Å². The van der Waals surface area contributed by atoms with Crippen LogP contribution in [0.25, 0.3) is 0 Å². The second-order valence-electron chi connectivity index (χ2n) is 7.67. The molecule has 3 atom stereocenters. The maximum Gasteiger partial charge on any atom is 0.0628 e. The van der Waals surface area contributed by atoms with E-state index in [1.807, 2.05) is 18.7 Å². The Kier molecular flexibility index (Phi) is 3.92. The standard InChI is InChI=1S/C16H29NOS/c1-10(18)11(2)19-9-15(17)16-6-12-3-13(7-16)5-14(4-12)8-16/h10-15,18H,3-9,17H2,1-2H3. The number of thioether (sulfide) groups is 1. The summed E-state index contributed by atoms with van der Waals surface area (Å²) < 4.78 is 0. The molecule has 0 saturated heterocycles. The number of hydrogen-bond donors (Lipinski definition) is 2. The van der Waals surface area contributed by atoms with Crippen molar-refractivity contribution in [2.45, 2.75) is 69.8 Å². The molecule has 4 bridgehead atoms. The molecule has 2 nitrogen and oxygen atoms in total. The zero-order valence-corrected chi connectivity index (χ0v) is 13.2. The first-order chi connectivity index (χ1) is 8.98. The van der Waals surface area contributed by atoms with Crippen LogP contribution in [0.5, 0.6) is 0 Å². The SMILES string of the molecule is CC(O)C(C)SCC(N)C12CC3CC(CC(C3)C1)C2. The highest BCUT2D eigenvalue weighted by Crippen LogP contribution is 2.61. The lowest BCUT2D eigenvalue weighted by Crippen LogP contribution is -2.55. The largest absolute Gasteiger partial charge is 0.392 e. The lowest BCUT2D eigenvalue weighted by molar-refractivity contribution is -0.0629. The third kappa shape index (κ3) is 2.71. The van der Waals surface area contributed by atoms with Crippen LogP contribution in [0.4, 0.5) is 0 Å². The molecular formula is C16H29NOS. The van der Waals surface area contributed by atoms with Crippen molar-refractivity contribution in [2.24, 2.45) is 28.9 Å². The van der Waals surface area contributed by atoms with Crippen LogP contribution in [-0.4, -0.2) is 28.3 Å². The Morgan fingerprint density at radius 1 is 1.11 bits per heavy atom. The molecule has 0 aliphatic heterocycles. The van der Waals surface area contributed by atoms with E-state index < -0.39 is 0 Å². The minimum Gasteiger partial charge on any atom is -0.392 e. The van der Waals surface area contributed by atoms with Crippen molar-refractivity contribution < 1.29 is 5.11 Å². The van der Waals surface area contributed by atoms with Gasteiger partial charge in [0.15, 0.2) is 0 Å². The van der Waals surface area contributed by atoms with Crippen LogP contribution in [0, 0.1) is 23.2 Å². The molecule has 4 saturated carbocycles. The first-order valence-electron chi connectivity index (χ1n) is 8.04. The number of rotatable bonds is 5. The average Bonchev–Trinajstić information content (AvgIpc) is 2.33. The van der Waals surface area contributed by atoms with Crippen molar-refractivity contribution in [2.75, 3.05) is 5.75 Å². The summed E-state index contributed by atoms with van der Waals surface area (Å²) in [7, 11) is 0. The summed E-state index contributed by atoms with van der Waals surface area (Å²) in [5.41, 5.74) is 7.08. The van der Waals surface area contributed by atoms with Crippen molar-refractivity contribution in [1.82, 2.24) is 0 Å². The van der Waals surface area contributed by atoms with Gasteiger partial charge in [0.25, 0.3) is 0 Å². The van der Waals surface area contributed by atoms with Gasteiger partial charge in [-0.25, -0.2) is 0 Å². The summed E-state index contributed by atoms with van der Waals surface area (Å²) in [5.74, 6) is 3.97. The van der Waals surface area contributed by atoms with E-state index in [1.165, 1.54) is 38.5 Å². The van der Waals surface area contributed by atoms with Gasteiger partial charge < -0.3 is 10.8 Å². The molecule has 4 rings (SSSR count). The van der Waals surface area contributed by atoms with Gasteiger partial charge in [-0.2, -0.15) is 11.8 Å². The molecular weight excluding hydrogens is 254 g/mol. The second-order valence-corrected chi connectivity index (χ2v) is 9.08. The number of aliphatic hydroxyl groups is 1. The monoisotopic (exact) mass is 283 g/mol. The minimum absolute atomic E-state index is 0.228. The maximum absolute atomic E-state index is 9.61. The summed E-state index contributed by atoms with van der Waals surface area (Å²) in [5, 5.41) is 9.91. The summed E-state index contributed by atoms with van der Waals surface area (Å²) in [6.45, 7) is 4.00. The van der Waals surface area contributed by atoms with Crippen LogP contribution in [0.2, 0.25) is 0 Å². The molecule has 4 fully saturated rings. The zero-order chi connectivity index (χ0) is 13.6. The highest BCUT2D eigenvalue weighted by Gasteiger charge is 2.53. The highest BCUT2D eigenvalue weighted by atomic mass is 32.2. The molecule has 4 aliphatic carbocycles. The van der Waals surface area contributed by atoms with Crippen molar-refractivity contribution in [1.29, 1.82) is 0 Å². The minimum atomic E-state index is -0.228. The molecule has 3 unspecified atom stereocenters. The van der Waals surface area contributed by atoms with Gasteiger partial charge in [0, 0.05) is 17.0 Å². The normalized spacial score (nSPS) is 45.2. The molecule has 110 valence electrons. The van der Waals surface area contributed by atoms with E-state index in [2.05, 4.69) is 6.92 Å². The predicted molar refractivity (Wildman–Crippen MR) is 82.2 cm³/mol. The van der Waals surface area contributed by atoms with E-state index in [0.717, 1.165) is 23.5 Å². The maximum atomic E-state index is 9.61. The summed E-state index contributed by atoms with van der Waals surface area (Å²) in [4.78, 5) is 0. The first-order valence-corrected chi connectivity index (χ1v) is 9.08. The van der Waals surface area contributed by atoms with Crippen LogP contribution in [0.15, 0.2) is 0 Å². The first kappa shape index (κ1) is 14.2. The van der Waals surface area contributed by atoms with Crippen LogP contribution in [-0.2, 0) is 0 Å². The van der Waals surface area contributed by atoms with Crippen LogP contribution in [0.1, 0.15) is 52.4 Å². The fourth-order valence-electron chi connectivity index (χ4n) is 5.20. The third-order valence-electron chi connectivity index (χ3n) is 6.09. The van der Waals surface area contributed by atoms with E-state index >= 15 is 0 Å². The Balaban J connectivity index is 1.61. The topological polar surface area (TPSA) is 46.2 Å². The van der Waals surface area contributed by atoms with Gasteiger partial charge in [0.05, 0.1) is 6.10 Å². The lowest BCUT2D eigenvalue weighted by Gasteiger charge is -2.59. The van der Waals surface area contributed by atoms with E-state index in [4.69, 9.17) is 5.73 Å².